The summed E-state index contributed by atoms with van der Waals surface area (Å²) in [6.45, 7) is 2.98. The van der Waals surface area contributed by atoms with Crippen LogP contribution in [-0.2, 0) is 0 Å². The molecule has 1 saturated heterocycles. The maximum atomic E-state index is 11.9. The molecule has 1 fully saturated rings. The van der Waals surface area contributed by atoms with Crippen LogP contribution in [0.5, 0.6) is 0 Å². The molecule has 0 spiro atoms. The average Bonchev–Trinajstić information content (AvgIpc) is 2.70. The lowest BCUT2D eigenvalue weighted by atomic mass is 9.96. The van der Waals surface area contributed by atoms with Crippen LogP contribution in [0.2, 0.25) is 0 Å². The molecule has 1 atom stereocenters. The minimum absolute atomic E-state index is 0.00703. The van der Waals surface area contributed by atoms with Crippen LogP contribution in [0.1, 0.15) is 29.6 Å². The van der Waals surface area contributed by atoms with Crippen molar-refractivity contribution in [3.05, 3.63) is 19.2 Å². The molecule has 1 aliphatic heterocycles. The van der Waals surface area contributed by atoms with Crippen LogP contribution >= 0.6 is 43.2 Å². The first-order chi connectivity index (χ1) is 8.66. The van der Waals surface area contributed by atoms with E-state index in [1.54, 1.807) is 0 Å². The van der Waals surface area contributed by atoms with Crippen LogP contribution in [0.4, 0.5) is 0 Å². The third-order valence-corrected chi connectivity index (χ3v) is 5.48. The lowest BCUT2D eigenvalue weighted by Crippen LogP contribution is -2.33. The SMILES string of the molecule is O=C(NCCC1CCCNC1)c1cc(Br)sc1Br. The summed E-state index contributed by atoms with van der Waals surface area (Å²) < 4.78 is 1.85. The summed E-state index contributed by atoms with van der Waals surface area (Å²) in [6.07, 6.45) is 3.58. The van der Waals surface area contributed by atoms with Gasteiger partial charge in [0.05, 0.1) is 13.1 Å². The first kappa shape index (κ1) is 14.5. The third kappa shape index (κ3) is 4.05. The highest BCUT2D eigenvalue weighted by molar-refractivity contribution is 9.12. The Kier molecular flexibility index (Phi) is 5.66. The summed E-state index contributed by atoms with van der Waals surface area (Å²) in [7, 11) is 0. The van der Waals surface area contributed by atoms with Gasteiger partial charge < -0.3 is 10.6 Å². The van der Waals surface area contributed by atoms with E-state index in [2.05, 4.69) is 42.5 Å². The third-order valence-electron chi connectivity index (χ3n) is 3.14. The largest absolute Gasteiger partial charge is 0.352 e. The number of hydrogen-bond donors (Lipinski definition) is 2. The maximum absolute atomic E-state index is 11.9. The molecule has 0 aromatic carbocycles. The van der Waals surface area contributed by atoms with Crippen molar-refractivity contribution < 1.29 is 4.79 Å². The molecule has 0 saturated carbocycles. The van der Waals surface area contributed by atoms with Gasteiger partial charge in [0, 0.05) is 6.54 Å². The molecular formula is C12H16Br2N2OS. The molecule has 2 rings (SSSR count). The Labute approximate surface area is 128 Å². The van der Waals surface area contributed by atoms with Gasteiger partial charge in [-0.15, -0.1) is 11.3 Å². The van der Waals surface area contributed by atoms with Gasteiger partial charge in [-0.1, -0.05) is 0 Å². The Morgan fingerprint density at radius 3 is 3.00 bits per heavy atom. The topological polar surface area (TPSA) is 41.1 Å². The lowest BCUT2D eigenvalue weighted by molar-refractivity contribution is 0.0950. The number of piperidine rings is 1. The standard InChI is InChI=1S/C12H16Br2N2OS/c13-10-6-9(11(14)18-10)12(17)16-5-3-8-2-1-4-15-7-8/h6,8,15H,1-5,7H2,(H,16,17). The molecule has 0 aliphatic carbocycles. The molecular weight excluding hydrogens is 380 g/mol. The molecule has 3 nitrogen and oxygen atoms in total. The Balaban J connectivity index is 1.76. The summed E-state index contributed by atoms with van der Waals surface area (Å²) in [5.41, 5.74) is 0.716. The fraction of sp³-hybridized carbons (Fsp3) is 0.583. The minimum atomic E-state index is 0.00703. The molecule has 1 aliphatic rings. The van der Waals surface area contributed by atoms with Crippen LogP contribution in [0.25, 0.3) is 0 Å². The summed E-state index contributed by atoms with van der Waals surface area (Å²) in [5, 5.41) is 6.38. The molecule has 2 N–H and O–H groups in total. The number of nitrogens with one attached hydrogen (secondary N) is 2. The van der Waals surface area contributed by atoms with Crippen LogP contribution in [-0.4, -0.2) is 25.5 Å². The molecule has 18 heavy (non-hydrogen) atoms. The summed E-state index contributed by atoms with van der Waals surface area (Å²) in [4.78, 5) is 11.9. The molecule has 1 unspecified atom stereocenters. The summed E-state index contributed by atoms with van der Waals surface area (Å²) in [6, 6.07) is 1.85. The Morgan fingerprint density at radius 2 is 2.39 bits per heavy atom. The van der Waals surface area contributed by atoms with E-state index in [0.717, 1.165) is 33.6 Å². The normalized spacial score (nSPS) is 19.8. The predicted octanol–water partition coefficient (Wildman–Crippen LogP) is 3.39. The zero-order valence-corrected chi connectivity index (χ0v) is 14.0. The number of amides is 1. The Hall–Kier alpha value is 0.0900. The van der Waals surface area contributed by atoms with Crippen LogP contribution < -0.4 is 10.6 Å². The maximum Gasteiger partial charge on any atom is 0.253 e. The second kappa shape index (κ2) is 7.03. The van der Waals surface area contributed by atoms with Crippen LogP contribution in [0.3, 0.4) is 0 Å². The van der Waals surface area contributed by atoms with Gasteiger partial charge in [0.15, 0.2) is 0 Å². The minimum Gasteiger partial charge on any atom is -0.352 e. The number of halogens is 2. The van der Waals surface area contributed by atoms with Gasteiger partial charge >= 0.3 is 0 Å². The van der Waals surface area contributed by atoms with E-state index >= 15 is 0 Å². The number of rotatable bonds is 4. The zero-order valence-electron chi connectivity index (χ0n) is 9.97. The van der Waals surface area contributed by atoms with Gasteiger partial charge in [0.25, 0.3) is 5.91 Å². The van der Waals surface area contributed by atoms with Crippen molar-refractivity contribution in [2.75, 3.05) is 19.6 Å². The molecule has 100 valence electrons. The first-order valence-electron chi connectivity index (χ1n) is 6.10. The Bertz CT molecular complexity index is 416. The quantitative estimate of drug-likeness (QED) is 0.820. The second-order valence-electron chi connectivity index (χ2n) is 4.49. The number of hydrogen-bond acceptors (Lipinski definition) is 3. The second-order valence-corrected chi connectivity index (χ2v) is 8.24. The van der Waals surface area contributed by atoms with Crippen molar-refractivity contribution in [2.24, 2.45) is 5.92 Å². The van der Waals surface area contributed by atoms with Gasteiger partial charge in [-0.05, 0) is 76.2 Å². The van der Waals surface area contributed by atoms with Crippen molar-refractivity contribution in [1.82, 2.24) is 10.6 Å². The van der Waals surface area contributed by atoms with E-state index < -0.39 is 0 Å². The van der Waals surface area contributed by atoms with E-state index in [-0.39, 0.29) is 5.91 Å². The predicted molar refractivity (Wildman–Crippen MR) is 82.3 cm³/mol. The van der Waals surface area contributed by atoms with E-state index in [1.165, 1.54) is 24.2 Å². The van der Waals surface area contributed by atoms with Crippen molar-refractivity contribution in [3.63, 3.8) is 0 Å². The number of thiophene rings is 1. The van der Waals surface area contributed by atoms with Gasteiger partial charge in [-0.3, -0.25) is 4.79 Å². The van der Waals surface area contributed by atoms with E-state index in [1.807, 2.05) is 6.07 Å². The van der Waals surface area contributed by atoms with Crippen LogP contribution in [0, 0.1) is 5.92 Å². The fourth-order valence-electron chi connectivity index (χ4n) is 2.15. The highest BCUT2D eigenvalue weighted by Gasteiger charge is 2.15. The van der Waals surface area contributed by atoms with Crippen molar-refractivity contribution in [3.8, 4) is 0 Å². The highest BCUT2D eigenvalue weighted by Crippen LogP contribution is 2.31. The van der Waals surface area contributed by atoms with Crippen molar-refractivity contribution in [2.45, 2.75) is 19.3 Å². The van der Waals surface area contributed by atoms with Crippen molar-refractivity contribution >= 4 is 49.1 Å². The van der Waals surface area contributed by atoms with Crippen molar-refractivity contribution in [1.29, 1.82) is 0 Å². The molecule has 0 bridgehead atoms. The van der Waals surface area contributed by atoms with Gasteiger partial charge in [-0.2, -0.15) is 0 Å². The summed E-state index contributed by atoms with van der Waals surface area (Å²) >= 11 is 8.31. The van der Waals surface area contributed by atoms with E-state index in [9.17, 15) is 4.79 Å². The lowest BCUT2D eigenvalue weighted by Gasteiger charge is -2.22. The monoisotopic (exact) mass is 394 g/mol. The molecule has 1 aromatic heterocycles. The Morgan fingerprint density at radius 1 is 1.56 bits per heavy atom. The highest BCUT2D eigenvalue weighted by atomic mass is 79.9. The van der Waals surface area contributed by atoms with E-state index in [0.29, 0.717) is 11.5 Å². The average molecular weight is 396 g/mol. The molecule has 1 amide bonds. The number of carbonyl (C=O) groups excluding carboxylic acids is 1. The van der Waals surface area contributed by atoms with Gasteiger partial charge in [0.2, 0.25) is 0 Å². The zero-order chi connectivity index (χ0) is 13.0. The smallest absolute Gasteiger partial charge is 0.253 e. The summed E-state index contributed by atoms with van der Waals surface area (Å²) in [5.74, 6) is 0.712. The fourth-order valence-corrected chi connectivity index (χ4v) is 4.94. The molecule has 2 heterocycles. The number of carbonyl (C=O) groups is 1. The molecule has 6 heteroatoms. The van der Waals surface area contributed by atoms with Crippen LogP contribution in [0.15, 0.2) is 13.6 Å². The van der Waals surface area contributed by atoms with Gasteiger partial charge in [-0.25, -0.2) is 0 Å². The van der Waals surface area contributed by atoms with E-state index in [4.69, 9.17) is 0 Å². The molecule has 1 aromatic rings. The molecule has 0 radical (unpaired) electrons. The van der Waals surface area contributed by atoms with Gasteiger partial charge in [0.1, 0.15) is 0 Å². The first-order valence-corrected chi connectivity index (χ1v) is 8.51.